The molecule has 2 unspecified atom stereocenters. The SMILES string of the molecule is COCC(=O)c1ccccc1NC1CCN(CCC(=O)O)CC1(C)OC. The number of anilines is 1. The number of methoxy groups -OCH3 is 2. The average Bonchev–Trinajstić information content (AvgIpc) is 2.62. The summed E-state index contributed by atoms with van der Waals surface area (Å²) in [5.74, 6) is -0.872. The minimum Gasteiger partial charge on any atom is -0.481 e. The smallest absolute Gasteiger partial charge is 0.304 e. The molecule has 2 rings (SSSR count). The van der Waals surface area contributed by atoms with E-state index in [1.54, 1.807) is 13.2 Å². The molecule has 1 heterocycles. The van der Waals surface area contributed by atoms with Gasteiger partial charge in [0.15, 0.2) is 5.78 Å². The highest BCUT2D eigenvalue weighted by Crippen LogP contribution is 2.29. The summed E-state index contributed by atoms with van der Waals surface area (Å²) >= 11 is 0. The number of carboxylic acids is 1. The summed E-state index contributed by atoms with van der Waals surface area (Å²) in [4.78, 5) is 25.2. The van der Waals surface area contributed by atoms with E-state index in [-0.39, 0.29) is 24.9 Å². The summed E-state index contributed by atoms with van der Waals surface area (Å²) in [5.41, 5.74) is 0.872. The fourth-order valence-corrected chi connectivity index (χ4v) is 3.38. The minimum absolute atomic E-state index is 0.00470. The molecule has 1 aromatic carbocycles. The van der Waals surface area contributed by atoms with Gasteiger partial charge in [-0.2, -0.15) is 0 Å². The number of piperidine rings is 1. The van der Waals surface area contributed by atoms with Crippen LogP contribution >= 0.6 is 0 Å². The van der Waals surface area contributed by atoms with Gasteiger partial charge in [0.05, 0.1) is 18.1 Å². The highest BCUT2D eigenvalue weighted by atomic mass is 16.5. The molecule has 0 saturated carbocycles. The third-order valence-electron chi connectivity index (χ3n) is 4.95. The number of Topliss-reactive ketones (excluding diaryl/α,β-unsaturated/α-hetero) is 1. The van der Waals surface area contributed by atoms with Crippen LogP contribution in [0.15, 0.2) is 24.3 Å². The van der Waals surface area contributed by atoms with Gasteiger partial charge in [0, 0.05) is 45.1 Å². The number of benzene rings is 1. The zero-order valence-electron chi connectivity index (χ0n) is 15.7. The summed E-state index contributed by atoms with van der Waals surface area (Å²) in [6.45, 7) is 3.95. The lowest BCUT2D eigenvalue weighted by atomic mass is 9.88. The lowest BCUT2D eigenvalue weighted by molar-refractivity contribution is -0.138. The quantitative estimate of drug-likeness (QED) is 0.647. The maximum atomic E-state index is 12.3. The minimum atomic E-state index is -0.796. The van der Waals surface area contributed by atoms with Crippen LogP contribution in [0, 0.1) is 0 Å². The molecule has 1 saturated heterocycles. The second-order valence-electron chi connectivity index (χ2n) is 6.82. The van der Waals surface area contributed by atoms with E-state index in [0.717, 1.165) is 18.7 Å². The van der Waals surface area contributed by atoms with Gasteiger partial charge in [-0.3, -0.25) is 14.5 Å². The van der Waals surface area contributed by atoms with Crippen LogP contribution in [-0.4, -0.2) is 73.9 Å². The van der Waals surface area contributed by atoms with E-state index in [1.165, 1.54) is 7.11 Å². The van der Waals surface area contributed by atoms with Crippen LogP contribution in [0.25, 0.3) is 0 Å². The Labute approximate surface area is 154 Å². The molecule has 26 heavy (non-hydrogen) atoms. The molecule has 1 fully saturated rings. The molecule has 1 aliphatic heterocycles. The Morgan fingerprint density at radius 2 is 2.08 bits per heavy atom. The van der Waals surface area contributed by atoms with Crippen LogP contribution in [0.2, 0.25) is 0 Å². The lowest BCUT2D eigenvalue weighted by Crippen LogP contribution is -2.59. The Morgan fingerprint density at radius 1 is 1.35 bits per heavy atom. The van der Waals surface area contributed by atoms with Crippen LogP contribution in [0.4, 0.5) is 5.69 Å². The van der Waals surface area contributed by atoms with E-state index in [1.807, 2.05) is 25.1 Å². The van der Waals surface area contributed by atoms with Crippen molar-refractivity contribution in [1.82, 2.24) is 4.90 Å². The molecule has 2 atom stereocenters. The number of carboxylic acid groups (broad SMARTS) is 1. The predicted octanol–water partition coefficient (Wildman–Crippen LogP) is 1.88. The summed E-state index contributed by atoms with van der Waals surface area (Å²) < 4.78 is 10.8. The first-order valence-corrected chi connectivity index (χ1v) is 8.76. The van der Waals surface area contributed by atoms with Crippen molar-refractivity contribution in [3.05, 3.63) is 29.8 Å². The van der Waals surface area contributed by atoms with Gasteiger partial charge >= 0.3 is 5.97 Å². The van der Waals surface area contributed by atoms with Gasteiger partial charge in [0.2, 0.25) is 0 Å². The number of likely N-dealkylation sites (tertiary alicyclic amines) is 1. The van der Waals surface area contributed by atoms with E-state index in [2.05, 4.69) is 10.2 Å². The van der Waals surface area contributed by atoms with Gasteiger partial charge in [0.1, 0.15) is 6.61 Å². The van der Waals surface area contributed by atoms with Gasteiger partial charge in [0.25, 0.3) is 0 Å². The van der Waals surface area contributed by atoms with E-state index < -0.39 is 11.6 Å². The van der Waals surface area contributed by atoms with E-state index in [4.69, 9.17) is 14.6 Å². The largest absolute Gasteiger partial charge is 0.481 e. The monoisotopic (exact) mass is 364 g/mol. The molecule has 7 nitrogen and oxygen atoms in total. The number of carbonyl (C=O) groups is 2. The second-order valence-corrected chi connectivity index (χ2v) is 6.82. The molecule has 7 heteroatoms. The van der Waals surface area contributed by atoms with Crippen molar-refractivity contribution in [2.45, 2.75) is 31.4 Å². The van der Waals surface area contributed by atoms with Gasteiger partial charge in [-0.25, -0.2) is 0 Å². The van der Waals surface area contributed by atoms with Crippen molar-refractivity contribution in [1.29, 1.82) is 0 Å². The highest BCUT2D eigenvalue weighted by molar-refractivity contribution is 6.02. The van der Waals surface area contributed by atoms with Crippen LogP contribution in [0.1, 0.15) is 30.1 Å². The topological polar surface area (TPSA) is 88.1 Å². The molecule has 1 aromatic rings. The standard InChI is InChI=1S/C19H28N2O5/c1-19(26-3)13-21(11-9-18(23)24)10-8-17(19)20-15-7-5-4-6-14(15)16(22)12-25-2/h4-7,17,20H,8-13H2,1-3H3,(H,23,24). The number of nitrogens with one attached hydrogen (secondary N) is 1. The van der Waals surface area contributed by atoms with Gasteiger partial charge in [-0.05, 0) is 25.5 Å². The molecule has 2 N–H and O–H groups in total. The van der Waals surface area contributed by atoms with E-state index in [9.17, 15) is 9.59 Å². The molecule has 0 aromatic heterocycles. The van der Waals surface area contributed by atoms with Gasteiger partial charge in [-0.15, -0.1) is 0 Å². The van der Waals surface area contributed by atoms with Gasteiger partial charge in [-0.1, -0.05) is 12.1 Å². The number of hydrogen-bond acceptors (Lipinski definition) is 6. The number of carbonyl (C=O) groups excluding carboxylic acids is 1. The van der Waals surface area contributed by atoms with Crippen LogP contribution < -0.4 is 5.32 Å². The van der Waals surface area contributed by atoms with Crippen molar-refractivity contribution in [2.75, 3.05) is 45.8 Å². The molecule has 0 bridgehead atoms. The zero-order chi connectivity index (χ0) is 19.2. The number of ketones is 1. The molecule has 0 aliphatic carbocycles. The first-order chi connectivity index (χ1) is 12.4. The summed E-state index contributed by atoms with van der Waals surface area (Å²) in [6.07, 6.45) is 0.906. The Balaban J connectivity index is 2.12. The fourth-order valence-electron chi connectivity index (χ4n) is 3.38. The van der Waals surface area contributed by atoms with Crippen molar-refractivity contribution < 1.29 is 24.2 Å². The lowest BCUT2D eigenvalue weighted by Gasteiger charge is -2.46. The van der Waals surface area contributed by atoms with Crippen LogP contribution in [-0.2, 0) is 14.3 Å². The normalized spacial score (nSPS) is 23.6. The summed E-state index contributed by atoms with van der Waals surface area (Å²) in [6, 6.07) is 7.40. The Kier molecular flexibility index (Phi) is 7.14. The van der Waals surface area contributed by atoms with Crippen LogP contribution in [0.3, 0.4) is 0 Å². The molecular formula is C19H28N2O5. The van der Waals surface area contributed by atoms with Crippen molar-refractivity contribution >= 4 is 17.4 Å². The fraction of sp³-hybridized carbons (Fsp3) is 0.579. The van der Waals surface area contributed by atoms with Crippen molar-refractivity contribution in [3.63, 3.8) is 0 Å². The zero-order valence-corrected chi connectivity index (χ0v) is 15.7. The summed E-state index contributed by atoms with van der Waals surface area (Å²) in [5, 5.41) is 12.4. The summed E-state index contributed by atoms with van der Waals surface area (Å²) in [7, 11) is 3.17. The predicted molar refractivity (Wildman–Crippen MR) is 98.8 cm³/mol. The third kappa shape index (κ3) is 5.03. The molecule has 0 amide bonds. The second kappa shape index (κ2) is 9.12. The number of ether oxygens (including phenoxy) is 2. The molecule has 0 spiro atoms. The highest BCUT2D eigenvalue weighted by Gasteiger charge is 2.40. The number of aliphatic carboxylic acids is 1. The Morgan fingerprint density at radius 3 is 2.73 bits per heavy atom. The first-order valence-electron chi connectivity index (χ1n) is 8.76. The number of para-hydroxylation sites is 1. The molecule has 144 valence electrons. The molecule has 0 radical (unpaired) electrons. The number of rotatable bonds is 9. The maximum absolute atomic E-state index is 12.3. The number of nitrogens with zero attached hydrogens (tertiary/aromatic N) is 1. The van der Waals surface area contributed by atoms with Crippen molar-refractivity contribution in [3.8, 4) is 0 Å². The first kappa shape index (κ1) is 20.4. The molecule has 1 aliphatic rings. The molecular weight excluding hydrogens is 336 g/mol. The maximum Gasteiger partial charge on any atom is 0.304 e. The average molecular weight is 364 g/mol. The number of hydrogen-bond donors (Lipinski definition) is 2. The Hall–Kier alpha value is -1.96. The third-order valence-corrected chi connectivity index (χ3v) is 4.95. The van der Waals surface area contributed by atoms with Gasteiger partial charge < -0.3 is 19.9 Å². The van der Waals surface area contributed by atoms with E-state index >= 15 is 0 Å². The Bertz CT molecular complexity index is 636. The van der Waals surface area contributed by atoms with Crippen LogP contribution in [0.5, 0.6) is 0 Å². The van der Waals surface area contributed by atoms with E-state index in [0.29, 0.717) is 18.7 Å². The van der Waals surface area contributed by atoms with Crippen molar-refractivity contribution in [2.24, 2.45) is 0 Å².